The van der Waals surface area contributed by atoms with E-state index in [1.807, 2.05) is 0 Å². The van der Waals surface area contributed by atoms with Crippen molar-refractivity contribution in [1.82, 2.24) is 4.90 Å². The Morgan fingerprint density at radius 2 is 1.92 bits per heavy atom. The molecule has 1 saturated heterocycles. The van der Waals surface area contributed by atoms with Crippen LogP contribution in [-0.2, 0) is 9.47 Å². The maximum atomic E-state index is 11.4. The standard InChI is InChI=1S/C9H17NO3/c1-8(12-2)13-9(11)10-6-4-3-5-7-10/h8H,3-7H2,1-2H3. The van der Waals surface area contributed by atoms with Crippen LogP contribution < -0.4 is 0 Å². The average molecular weight is 187 g/mol. The molecule has 1 aliphatic rings. The Kier molecular flexibility index (Phi) is 4.02. The van der Waals surface area contributed by atoms with E-state index in [9.17, 15) is 4.79 Å². The van der Waals surface area contributed by atoms with Gasteiger partial charge in [-0.3, -0.25) is 0 Å². The lowest BCUT2D eigenvalue weighted by Crippen LogP contribution is -2.37. The maximum absolute atomic E-state index is 11.4. The molecule has 1 fully saturated rings. The monoisotopic (exact) mass is 187 g/mol. The number of nitrogens with zero attached hydrogens (tertiary/aromatic N) is 1. The number of carbonyl (C=O) groups is 1. The minimum absolute atomic E-state index is 0.256. The molecule has 0 radical (unpaired) electrons. The number of piperidine rings is 1. The fourth-order valence-corrected chi connectivity index (χ4v) is 1.34. The molecule has 0 bridgehead atoms. The average Bonchev–Trinajstić information content (AvgIpc) is 2.19. The predicted octanol–water partition coefficient (Wildman–Crippen LogP) is 1.60. The van der Waals surface area contributed by atoms with Gasteiger partial charge in [0.25, 0.3) is 0 Å². The van der Waals surface area contributed by atoms with E-state index in [1.165, 1.54) is 13.5 Å². The quantitative estimate of drug-likeness (QED) is 0.616. The van der Waals surface area contributed by atoms with Gasteiger partial charge in [-0.15, -0.1) is 0 Å². The Balaban J connectivity index is 2.29. The molecule has 1 aliphatic heterocycles. The highest BCUT2D eigenvalue weighted by Gasteiger charge is 2.19. The topological polar surface area (TPSA) is 38.8 Å². The number of hydrogen-bond acceptors (Lipinski definition) is 3. The van der Waals surface area contributed by atoms with Crippen LogP contribution in [0.1, 0.15) is 26.2 Å². The van der Waals surface area contributed by atoms with Gasteiger partial charge in [-0.2, -0.15) is 0 Å². The fraction of sp³-hybridized carbons (Fsp3) is 0.889. The first-order valence-corrected chi connectivity index (χ1v) is 4.72. The van der Waals surface area contributed by atoms with Crippen LogP contribution >= 0.6 is 0 Å². The number of ether oxygens (including phenoxy) is 2. The maximum Gasteiger partial charge on any atom is 0.412 e. The summed E-state index contributed by atoms with van der Waals surface area (Å²) in [6.45, 7) is 3.34. The first kappa shape index (κ1) is 10.3. The Morgan fingerprint density at radius 1 is 1.31 bits per heavy atom. The highest BCUT2D eigenvalue weighted by Crippen LogP contribution is 2.10. The van der Waals surface area contributed by atoms with E-state index in [0.717, 1.165) is 25.9 Å². The van der Waals surface area contributed by atoms with Crippen molar-refractivity contribution >= 4 is 6.09 Å². The molecular formula is C9H17NO3. The summed E-state index contributed by atoms with van der Waals surface area (Å²) in [5.41, 5.74) is 0. The third kappa shape index (κ3) is 3.22. The predicted molar refractivity (Wildman–Crippen MR) is 48.4 cm³/mol. The molecule has 1 heterocycles. The third-order valence-corrected chi connectivity index (χ3v) is 2.21. The summed E-state index contributed by atoms with van der Waals surface area (Å²) in [4.78, 5) is 13.1. The van der Waals surface area contributed by atoms with Crippen LogP contribution in [-0.4, -0.2) is 37.5 Å². The molecule has 13 heavy (non-hydrogen) atoms. The second-order valence-electron chi connectivity index (χ2n) is 3.23. The molecule has 1 atom stereocenters. The van der Waals surface area contributed by atoms with Crippen molar-refractivity contribution in [3.63, 3.8) is 0 Å². The van der Waals surface area contributed by atoms with Gasteiger partial charge in [0.05, 0.1) is 0 Å². The van der Waals surface area contributed by atoms with Crippen molar-refractivity contribution in [2.24, 2.45) is 0 Å². The summed E-state index contributed by atoms with van der Waals surface area (Å²) in [6, 6.07) is 0. The lowest BCUT2D eigenvalue weighted by atomic mass is 10.1. The first-order chi connectivity index (χ1) is 6.24. The second kappa shape index (κ2) is 5.07. The molecular weight excluding hydrogens is 170 g/mol. The van der Waals surface area contributed by atoms with E-state index in [-0.39, 0.29) is 6.09 Å². The molecule has 0 aromatic heterocycles. The summed E-state index contributed by atoms with van der Waals surface area (Å²) in [7, 11) is 1.52. The molecule has 0 N–H and O–H groups in total. The van der Waals surface area contributed by atoms with Crippen molar-refractivity contribution in [1.29, 1.82) is 0 Å². The molecule has 76 valence electrons. The highest BCUT2D eigenvalue weighted by molar-refractivity contribution is 5.67. The van der Waals surface area contributed by atoms with E-state index < -0.39 is 6.29 Å². The van der Waals surface area contributed by atoms with Gasteiger partial charge >= 0.3 is 6.09 Å². The zero-order valence-corrected chi connectivity index (χ0v) is 8.28. The van der Waals surface area contributed by atoms with E-state index in [0.29, 0.717) is 0 Å². The number of methoxy groups -OCH3 is 1. The Hall–Kier alpha value is -0.770. The zero-order valence-electron chi connectivity index (χ0n) is 8.28. The number of hydrogen-bond donors (Lipinski definition) is 0. The summed E-state index contributed by atoms with van der Waals surface area (Å²) in [5.74, 6) is 0. The van der Waals surface area contributed by atoms with Gasteiger partial charge in [-0.25, -0.2) is 4.79 Å². The van der Waals surface area contributed by atoms with Crippen LogP contribution in [0.15, 0.2) is 0 Å². The summed E-state index contributed by atoms with van der Waals surface area (Å²) < 4.78 is 9.85. The summed E-state index contributed by atoms with van der Waals surface area (Å²) in [5, 5.41) is 0. The van der Waals surface area contributed by atoms with E-state index in [2.05, 4.69) is 0 Å². The van der Waals surface area contributed by atoms with E-state index >= 15 is 0 Å². The number of rotatable bonds is 2. The molecule has 0 aromatic carbocycles. The second-order valence-corrected chi connectivity index (χ2v) is 3.23. The fourth-order valence-electron chi connectivity index (χ4n) is 1.34. The lowest BCUT2D eigenvalue weighted by molar-refractivity contribution is -0.0788. The van der Waals surface area contributed by atoms with Gasteiger partial charge < -0.3 is 14.4 Å². The minimum atomic E-state index is -0.450. The Morgan fingerprint density at radius 3 is 2.46 bits per heavy atom. The van der Waals surface area contributed by atoms with Gasteiger partial charge in [-0.1, -0.05) is 0 Å². The van der Waals surface area contributed by atoms with E-state index in [4.69, 9.17) is 9.47 Å². The van der Waals surface area contributed by atoms with Crippen molar-refractivity contribution in [3.05, 3.63) is 0 Å². The summed E-state index contributed by atoms with van der Waals surface area (Å²) in [6.07, 6.45) is 2.67. The zero-order chi connectivity index (χ0) is 9.68. The molecule has 0 spiro atoms. The third-order valence-electron chi connectivity index (χ3n) is 2.21. The first-order valence-electron chi connectivity index (χ1n) is 4.72. The Labute approximate surface area is 78.8 Å². The van der Waals surface area contributed by atoms with Gasteiger partial charge in [0.15, 0.2) is 0 Å². The van der Waals surface area contributed by atoms with Crippen LogP contribution in [0.3, 0.4) is 0 Å². The molecule has 0 saturated carbocycles. The van der Waals surface area contributed by atoms with E-state index in [1.54, 1.807) is 11.8 Å². The van der Waals surface area contributed by atoms with Crippen molar-refractivity contribution in [2.45, 2.75) is 32.5 Å². The SMILES string of the molecule is COC(C)OC(=O)N1CCCCC1. The van der Waals surface area contributed by atoms with Gasteiger partial charge in [0.2, 0.25) is 6.29 Å². The van der Waals surface area contributed by atoms with Gasteiger partial charge in [-0.05, 0) is 26.2 Å². The van der Waals surface area contributed by atoms with Crippen molar-refractivity contribution in [3.8, 4) is 0 Å². The summed E-state index contributed by atoms with van der Waals surface area (Å²) >= 11 is 0. The smallest absolute Gasteiger partial charge is 0.412 e. The molecule has 0 aliphatic carbocycles. The van der Waals surface area contributed by atoms with Crippen molar-refractivity contribution < 1.29 is 14.3 Å². The molecule has 4 nitrogen and oxygen atoms in total. The molecule has 1 rings (SSSR count). The van der Waals surface area contributed by atoms with Crippen LogP contribution in [0, 0.1) is 0 Å². The van der Waals surface area contributed by atoms with Crippen molar-refractivity contribution in [2.75, 3.05) is 20.2 Å². The molecule has 1 amide bonds. The Bertz CT molecular complexity index is 166. The van der Waals surface area contributed by atoms with Crippen LogP contribution in [0.25, 0.3) is 0 Å². The van der Waals surface area contributed by atoms with Crippen LogP contribution in [0.5, 0.6) is 0 Å². The number of carbonyl (C=O) groups excluding carboxylic acids is 1. The van der Waals surface area contributed by atoms with Crippen LogP contribution in [0.4, 0.5) is 4.79 Å². The largest absolute Gasteiger partial charge is 0.420 e. The van der Waals surface area contributed by atoms with Gasteiger partial charge in [0, 0.05) is 20.2 Å². The number of amides is 1. The lowest BCUT2D eigenvalue weighted by Gasteiger charge is -2.26. The minimum Gasteiger partial charge on any atom is -0.420 e. The molecule has 1 unspecified atom stereocenters. The molecule has 0 aromatic rings. The normalized spacial score (nSPS) is 19.7. The number of likely N-dealkylation sites (tertiary alicyclic amines) is 1. The highest BCUT2D eigenvalue weighted by atomic mass is 16.7. The van der Waals surface area contributed by atoms with Crippen LogP contribution in [0.2, 0.25) is 0 Å². The molecule has 4 heteroatoms. The van der Waals surface area contributed by atoms with Gasteiger partial charge in [0.1, 0.15) is 0 Å².